The SMILES string of the molecule is CCC1=C(C)C2=C(c3cccc(Cl)c3Cl)c3c(C)c(CC)c(C)n3[B-](F)(F)[N+]2=C1C. The first kappa shape index (κ1) is 21.4. The van der Waals surface area contributed by atoms with Crippen molar-refractivity contribution in [2.75, 3.05) is 0 Å². The Morgan fingerprint density at radius 1 is 1.03 bits per heavy atom. The van der Waals surface area contributed by atoms with Crippen molar-refractivity contribution in [2.24, 2.45) is 0 Å². The molecule has 1 aromatic carbocycles. The van der Waals surface area contributed by atoms with Gasteiger partial charge in [-0.3, -0.25) is 0 Å². The fourth-order valence-electron chi connectivity index (χ4n) is 5.43. The highest BCUT2D eigenvalue weighted by atomic mass is 35.5. The monoisotopic (exact) mass is 448 g/mol. The van der Waals surface area contributed by atoms with Gasteiger partial charge in [0.25, 0.3) is 0 Å². The summed E-state index contributed by atoms with van der Waals surface area (Å²) in [6.45, 7) is 7.42. The van der Waals surface area contributed by atoms with E-state index >= 15 is 8.63 Å². The van der Waals surface area contributed by atoms with Crippen LogP contribution in [0.3, 0.4) is 0 Å². The van der Waals surface area contributed by atoms with Gasteiger partial charge in [0, 0.05) is 29.3 Å². The minimum absolute atomic E-state index is 0.387. The van der Waals surface area contributed by atoms with Gasteiger partial charge in [-0.2, -0.15) is 0 Å². The number of hydrogen-bond acceptors (Lipinski definition) is 0. The topological polar surface area (TPSA) is 7.94 Å². The molecule has 0 saturated heterocycles. The Balaban J connectivity index is 2.27. The molecule has 2 aliphatic rings. The molecule has 0 spiro atoms. The Hall–Kier alpha value is -1.85. The van der Waals surface area contributed by atoms with E-state index in [9.17, 15) is 0 Å². The molecule has 0 bridgehead atoms. The van der Waals surface area contributed by atoms with Crippen molar-refractivity contribution < 1.29 is 13.1 Å². The van der Waals surface area contributed by atoms with Gasteiger partial charge in [-0.1, -0.05) is 49.2 Å². The molecule has 0 radical (unpaired) electrons. The van der Waals surface area contributed by atoms with E-state index < -0.39 is 6.97 Å². The molecule has 3 heterocycles. The van der Waals surface area contributed by atoms with Gasteiger partial charge in [0.05, 0.1) is 15.6 Å². The third-order valence-corrected chi connectivity index (χ3v) is 7.54. The maximum atomic E-state index is 16.2. The predicted octanol–water partition coefficient (Wildman–Crippen LogP) is 7.18. The molecule has 2 nitrogen and oxygen atoms in total. The van der Waals surface area contributed by atoms with E-state index in [1.54, 1.807) is 19.9 Å². The Kier molecular flexibility index (Phi) is 5.06. The summed E-state index contributed by atoms with van der Waals surface area (Å²) in [7, 11) is 0. The zero-order valence-electron chi connectivity index (χ0n) is 18.1. The third-order valence-electron chi connectivity index (χ3n) is 6.72. The lowest BCUT2D eigenvalue weighted by molar-refractivity contribution is -0.363. The molecule has 7 heteroatoms. The molecule has 0 N–H and O–H groups in total. The van der Waals surface area contributed by atoms with E-state index in [1.807, 2.05) is 39.8 Å². The Morgan fingerprint density at radius 3 is 2.30 bits per heavy atom. The average molecular weight is 449 g/mol. The summed E-state index contributed by atoms with van der Waals surface area (Å²) in [5, 5.41) is 0.800. The number of aromatic nitrogens is 1. The van der Waals surface area contributed by atoms with Crippen LogP contribution in [-0.4, -0.2) is 21.6 Å². The second-order valence-corrected chi connectivity index (χ2v) is 8.87. The van der Waals surface area contributed by atoms with Crippen LogP contribution in [0.4, 0.5) is 8.63 Å². The summed E-state index contributed by atoms with van der Waals surface area (Å²) in [6, 6.07) is 5.41. The molecule has 0 saturated carbocycles. The minimum Gasteiger partial charge on any atom is -0.393 e. The zero-order chi connectivity index (χ0) is 22.1. The van der Waals surface area contributed by atoms with Crippen LogP contribution in [0.2, 0.25) is 10.0 Å². The van der Waals surface area contributed by atoms with Crippen LogP contribution >= 0.6 is 23.2 Å². The molecule has 30 heavy (non-hydrogen) atoms. The number of nitrogens with zero attached hydrogens (tertiary/aromatic N) is 2. The largest absolute Gasteiger partial charge is 0.737 e. The third kappa shape index (κ3) is 2.58. The van der Waals surface area contributed by atoms with Crippen molar-refractivity contribution >= 4 is 41.5 Å². The molecular formula is C23H25BCl2F2N2. The lowest BCUT2D eigenvalue weighted by Gasteiger charge is -2.34. The summed E-state index contributed by atoms with van der Waals surface area (Å²) in [5.41, 5.74) is 7.41. The maximum Gasteiger partial charge on any atom is 0.737 e. The molecule has 0 unspecified atom stereocenters. The van der Waals surface area contributed by atoms with Crippen molar-refractivity contribution in [3.05, 3.63) is 73.2 Å². The van der Waals surface area contributed by atoms with E-state index in [0.29, 0.717) is 51.2 Å². The molecule has 158 valence electrons. The summed E-state index contributed by atoms with van der Waals surface area (Å²) >= 11 is 13.0. The van der Waals surface area contributed by atoms with Crippen LogP contribution < -0.4 is 0 Å². The number of halogens is 4. The van der Waals surface area contributed by atoms with Gasteiger partial charge in [0.2, 0.25) is 0 Å². The summed E-state index contributed by atoms with van der Waals surface area (Å²) in [4.78, 5) is 0. The molecule has 4 rings (SSSR count). The lowest BCUT2D eigenvalue weighted by atomic mass is 9.83. The van der Waals surface area contributed by atoms with Crippen LogP contribution in [0.5, 0.6) is 0 Å². The van der Waals surface area contributed by atoms with Crippen LogP contribution in [0.15, 0.2) is 35.0 Å². The van der Waals surface area contributed by atoms with Gasteiger partial charge in [0.15, 0.2) is 5.70 Å². The lowest BCUT2D eigenvalue weighted by Crippen LogP contribution is -2.51. The van der Waals surface area contributed by atoms with Crippen molar-refractivity contribution in [1.29, 1.82) is 0 Å². The zero-order valence-corrected chi connectivity index (χ0v) is 19.6. The highest BCUT2D eigenvalue weighted by Gasteiger charge is 2.56. The maximum absolute atomic E-state index is 16.2. The Bertz CT molecular complexity index is 1200. The van der Waals surface area contributed by atoms with E-state index in [-0.39, 0.29) is 0 Å². The number of benzene rings is 1. The van der Waals surface area contributed by atoms with Crippen molar-refractivity contribution in [1.82, 2.24) is 4.48 Å². The van der Waals surface area contributed by atoms with Gasteiger partial charge < -0.3 is 17.6 Å². The molecule has 0 amide bonds. The Morgan fingerprint density at radius 2 is 1.70 bits per heavy atom. The fourth-order valence-corrected chi connectivity index (χ4v) is 5.83. The molecule has 1 aromatic heterocycles. The van der Waals surface area contributed by atoms with Crippen molar-refractivity contribution in [3.63, 3.8) is 0 Å². The van der Waals surface area contributed by atoms with Crippen LogP contribution in [0.25, 0.3) is 5.57 Å². The first-order valence-electron chi connectivity index (χ1n) is 10.3. The van der Waals surface area contributed by atoms with Crippen molar-refractivity contribution in [2.45, 2.75) is 54.4 Å². The highest BCUT2D eigenvalue weighted by molar-refractivity contribution is 6.58. The Labute approximate surface area is 186 Å². The van der Waals surface area contributed by atoms with Gasteiger partial charge >= 0.3 is 6.97 Å². The number of fused-ring (bicyclic) bond motifs is 2. The molecule has 2 aromatic rings. The number of rotatable bonds is 3. The number of allylic oxidation sites excluding steroid dienone is 2. The van der Waals surface area contributed by atoms with E-state index in [1.165, 1.54) is 8.96 Å². The van der Waals surface area contributed by atoms with Crippen molar-refractivity contribution in [3.8, 4) is 0 Å². The van der Waals surface area contributed by atoms with Gasteiger partial charge in [-0.05, 0) is 56.5 Å². The average Bonchev–Trinajstić information content (AvgIpc) is 3.10. The number of hydrogen-bond donors (Lipinski definition) is 0. The predicted molar refractivity (Wildman–Crippen MR) is 123 cm³/mol. The molecule has 2 aliphatic heterocycles. The summed E-state index contributed by atoms with van der Waals surface area (Å²) in [6.07, 6.45) is 1.38. The molecule has 0 fully saturated rings. The van der Waals surface area contributed by atoms with Crippen LogP contribution in [-0.2, 0) is 6.42 Å². The normalized spacial score (nSPS) is 17.8. The standard InChI is InChI=1S/C23H25BCl2F2N2/c1-7-16-12(3)22-20(18-10-9-11-19(25)21(18)26)23-13(4)17(8-2)15(6)30(23)24(27,28)29(22)14(16)5/h9-11H,7-8H2,1-6H3. The molecule has 0 aliphatic carbocycles. The van der Waals surface area contributed by atoms with E-state index in [0.717, 1.165) is 27.8 Å². The first-order valence-corrected chi connectivity index (χ1v) is 11.1. The van der Waals surface area contributed by atoms with E-state index in [4.69, 9.17) is 23.2 Å². The van der Waals surface area contributed by atoms with Crippen LogP contribution in [0.1, 0.15) is 62.2 Å². The minimum atomic E-state index is -4.04. The van der Waals surface area contributed by atoms with Gasteiger partial charge in [-0.15, -0.1) is 0 Å². The molecule has 0 atom stereocenters. The second-order valence-electron chi connectivity index (χ2n) is 8.09. The second kappa shape index (κ2) is 7.10. The summed E-state index contributed by atoms with van der Waals surface area (Å²) in [5.74, 6) is 0. The van der Waals surface area contributed by atoms with E-state index in [2.05, 4.69) is 0 Å². The molecular weight excluding hydrogens is 424 g/mol. The first-order chi connectivity index (χ1) is 14.1. The van der Waals surface area contributed by atoms with Gasteiger partial charge in [0.1, 0.15) is 5.71 Å². The van der Waals surface area contributed by atoms with Gasteiger partial charge in [-0.25, -0.2) is 0 Å². The fraction of sp³-hybridized carbons (Fsp3) is 0.348. The quantitative estimate of drug-likeness (QED) is 0.439. The smallest absolute Gasteiger partial charge is 0.393 e. The van der Waals surface area contributed by atoms with Crippen LogP contribution in [0, 0.1) is 13.8 Å². The highest BCUT2D eigenvalue weighted by Crippen LogP contribution is 2.48. The summed E-state index contributed by atoms with van der Waals surface area (Å²) < 4.78 is 34.8.